The fraction of sp³-hybridized carbons (Fsp3) is 0.562. The second-order valence-electron chi connectivity index (χ2n) is 5.06. The fourth-order valence-corrected chi connectivity index (χ4v) is 3.78. The van der Waals surface area contributed by atoms with Crippen molar-refractivity contribution < 1.29 is 4.74 Å². The third-order valence-electron chi connectivity index (χ3n) is 3.58. The second kappa shape index (κ2) is 8.18. The topological polar surface area (TPSA) is 45.0 Å². The van der Waals surface area contributed by atoms with E-state index in [-0.39, 0.29) is 6.61 Å². The lowest BCUT2D eigenvalue weighted by molar-refractivity contribution is 0.367. The van der Waals surface area contributed by atoms with Crippen molar-refractivity contribution >= 4 is 11.8 Å². The van der Waals surface area contributed by atoms with Crippen molar-refractivity contribution in [1.29, 1.82) is 5.26 Å². The minimum Gasteiger partial charge on any atom is -0.479 e. The number of thioether (sulfide) groups is 1. The van der Waals surface area contributed by atoms with Gasteiger partial charge in [0.25, 0.3) is 0 Å². The summed E-state index contributed by atoms with van der Waals surface area (Å²) < 4.78 is 5.32. The monoisotopic (exact) mass is 290 g/mol. The molecule has 1 fully saturated rings. The largest absolute Gasteiger partial charge is 0.479 e. The minimum absolute atomic E-state index is 0.107. The van der Waals surface area contributed by atoms with E-state index in [0.29, 0.717) is 6.04 Å². The maximum atomic E-state index is 8.52. The molecular formula is C16H22N2OS. The molecule has 1 N–H and O–H groups in total. The minimum atomic E-state index is 0.107. The lowest BCUT2D eigenvalue weighted by Crippen LogP contribution is -2.26. The molecule has 0 spiro atoms. The number of rotatable bonds is 7. The number of nitriles is 1. The molecule has 0 saturated heterocycles. The highest BCUT2D eigenvalue weighted by Crippen LogP contribution is 2.29. The molecule has 1 aromatic carbocycles. The number of nitrogens with one attached hydrogen (secondary N) is 1. The Balaban J connectivity index is 1.78. The molecule has 3 nitrogen and oxygen atoms in total. The van der Waals surface area contributed by atoms with Crippen LogP contribution in [0.15, 0.2) is 24.3 Å². The molecule has 0 amide bonds. The number of hydrogen-bond acceptors (Lipinski definition) is 4. The van der Waals surface area contributed by atoms with Gasteiger partial charge in [-0.15, -0.1) is 0 Å². The van der Waals surface area contributed by atoms with E-state index >= 15 is 0 Å². The third-order valence-corrected chi connectivity index (χ3v) is 4.82. The summed E-state index contributed by atoms with van der Waals surface area (Å²) in [5.74, 6) is 1.99. The Labute approximate surface area is 125 Å². The van der Waals surface area contributed by atoms with Crippen molar-refractivity contribution in [2.45, 2.75) is 44.0 Å². The molecule has 0 aromatic heterocycles. The second-order valence-corrected chi connectivity index (χ2v) is 6.64. The quantitative estimate of drug-likeness (QED) is 0.836. The van der Waals surface area contributed by atoms with Crippen LogP contribution in [-0.2, 0) is 6.54 Å². The molecule has 0 radical (unpaired) electrons. The van der Waals surface area contributed by atoms with E-state index < -0.39 is 0 Å². The van der Waals surface area contributed by atoms with Gasteiger partial charge < -0.3 is 10.1 Å². The predicted molar refractivity (Wildman–Crippen MR) is 83.9 cm³/mol. The smallest absolute Gasteiger partial charge is 0.174 e. The Morgan fingerprint density at radius 2 is 2.35 bits per heavy atom. The van der Waals surface area contributed by atoms with E-state index in [2.05, 4.69) is 30.1 Å². The summed E-state index contributed by atoms with van der Waals surface area (Å²) in [6, 6.07) is 10.6. The average molecular weight is 290 g/mol. The van der Waals surface area contributed by atoms with Gasteiger partial charge in [-0.3, -0.25) is 0 Å². The zero-order valence-corrected chi connectivity index (χ0v) is 12.8. The predicted octanol–water partition coefficient (Wildman–Crippen LogP) is 3.35. The lowest BCUT2D eigenvalue weighted by Gasteiger charge is -2.13. The van der Waals surface area contributed by atoms with Gasteiger partial charge in [-0.05, 0) is 42.7 Å². The molecule has 0 aliphatic heterocycles. The molecule has 0 heterocycles. The summed E-state index contributed by atoms with van der Waals surface area (Å²) in [4.78, 5) is 0. The molecule has 2 unspecified atom stereocenters. The van der Waals surface area contributed by atoms with E-state index in [1.165, 1.54) is 30.6 Å². The van der Waals surface area contributed by atoms with Crippen LogP contribution in [-0.4, -0.2) is 23.7 Å². The Morgan fingerprint density at radius 1 is 1.45 bits per heavy atom. The molecule has 1 aliphatic rings. The molecule has 20 heavy (non-hydrogen) atoms. The van der Waals surface area contributed by atoms with Crippen LogP contribution in [0.2, 0.25) is 0 Å². The van der Waals surface area contributed by atoms with Crippen LogP contribution in [0.25, 0.3) is 0 Å². The van der Waals surface area contributed by atoms with Gasteiger partial charge in [-0.2, -0.15) is 17.0 Å². The normalized spacial score (nSPS) is 21.6. The van der Waals surface area contributed by atoms with E-state index in [1.54, 1.807) is 0 Å². The standard InChI is InChI=1S/C16H22N2OS/c1-2-20-16-7-6-14(11-16)18-12-13-4-3-5-15(10-13)19-9-8-17/h3-5,10,14,16,18H,2,6-7,9,11-12H2,1H3. The summed E-state index contributed by atoms with van der Waals surface area (Å²) in [6.45, 7) is 3.21. The first kappa shape index (κ1) is 15.2. The molecule has 2 atom stereocenters. The Kier molecular flexibility index (Phi) is 6.23. The van der Waals surface area contributed by atoms with Crippen LogP contribution in [0, 0.1) is 11.3 Å². The van der Waals surface area contributed by atoms with Crippen molar-refractivity contribution in [3.05, 3.63) is 29.8 Å². The summed E-state index contributed by atoms with van der Waals surface area (Å²) in [5, 5.41) is 13.0. The molecule has 1 aromatic rings. The van der Waals surface area contributed by atoms with E-state index in [0.717, 1.165) is 17.5 Å². The van der Waals surface area contributed by atoms with E-state index in [4.69, 9.17) is 10.00 Å². The lowest BCUT2D eigenvalue weighted by atomic mass is 10.2. The Bertz CT molecular complexity index is 458. The van der Waals surface area contributed by atoms with E-state index in [9.17, 15) is 0 Å². The number of nitrogens with zero attached hydrogens (tertiary/aromatic N) is 1. The summed E-state index contributed by atoms with van der Waals surface area (Å²) in [5.41, 5.74) is 1.21. The van der Waals surface area contributed by atoms with Crippen LogP contribution in [0.4, 0.5) is 0 Å². The van der Waals surface area contributed by atoms with Crippen molar-refractivity contribution in [3.63, 3.8) is 0 Å². The van der Waals surface area contributed by atoms with Gasteiger partial charge in [-0.1, -0.05) is 19.1 Å². The van der Waals surface area contributed by atoms with Crippen LogP contribution in [0.3, 0.4) is 0 Å². The summed E-state index contributed by atoms with van der Waals surface area (Å²) in [6.07, 6.45) is 3.90. The number of benzene rings is 1. The van der Waals surface area contributed by atoms with Crippen molar-refractivity contribution in [2.75, 3.05) is 12.4 Å². The molecule has 1 saturated carbocycles. The zero-order chi connectivity index (χ0) is 14.2. The molecule has 0 bridgehead atoms. The van der Waals surface area contributed by atoms with Gasteiger partial charge in [0.1, 0.15) is 11.8 Å². The van der Waals surface area contributed by atoms with Crippen molar-refractivity contribution in [1.82, 2.24) is 5.32 Å². The van der Waals surface area contributed by atoms with Gasteiger partial charge in [0.2, 0.25) is 0 Å². The molecular weight excluding hydrogens is 268 g/mol. The highest BCUT2D eigenvalue weighted by Gasteiger charge is 2.23. The van der Waals surface area contributed by atoms with Gasteiger partial charge in [-0.25, -0.2) is 0 Å². The average Bonchev–Trinajstić information content (AvgIpc) is 2.92. The van der Waals surface area contributed by atoms with Gasteiger partial charge >= 0.3 is 0 Å². The van der Waals surface area contributed by atoms with Crippen molar-refractivity contribution in [3.8, 4) is 11.8 Å². The summed E-state index contributed by atoms with van der Waals surface area (Å²) in [7, 11) is 0. The number of ether oxygens (including phenoxy) is 1. The summed E-state index contributed by atoms with van der Waals surface area (Å²) >= 11 is 2.09. The highest BCUT2D eigenvalue weighted by atomic mass is 32.2. The van der Waals surface area contributed by atoms with Crippen LogP contribution < -0.4 is 10.1 Å². The van der Waals surface area contributed by atoms with Crippen LogP contribution in [0.5, 0.6) is 5.75 Å². The van der Waals surface area contributed by atoms with Gasteiger partial charge in [0, 0.05) is 17.8 Å². The van der Waals surface area contributed by atoms with E-state index in [1.807, 2.05) is 24.3 Å². The Morgan fingerprint density at radius 3 is 3.15 bits per heavy atom. The third kappa shape index (κ3) is 4.73. The van der Waals surface area contributed by atoms with Gasteiger partial charge in [0.05, 0.1) is 0 Å². The fourth-order valence-electron chi connectivity index (χ4n) is 2.64. The molecule has 1 aliphatic carbocycles. The molecule has 108 valence electrons. The molecule has 2 rings (SSSR count). The highest BCUT2D eigenvalue weighted by molar-refractivity contribution is 7.99. The van der Waals surface area contributed by atoms with Gasteiger partial charge in [0.15, 0.2) is 6.61 Å². The van der Waals surface area contributed by atoms with Crippen LogP contribution >= 0.6 is 11.8 Å². The Hall–Kier alpha value is -1.18. The number of hydrogen-bond donors (Lipinski definition) is 1. The van der Waals surface area contributed by atoms with Crippen LogP contribution in [0.1, 0.15) is 31.7 Å². The zero-order valence-electron chi connectivity index (χ0n) is 12.0. The van der Waals surface area contributed by atoms with Crippen molar-refractivity contribution in [2.24, 2.45) is 0 Å². The molecule has 4 heteroatoms. The maximum Gasteiger partial charge on any atom is 0.174 e. The first-order valence-corrected chi connectivity index (χ1v) is 8.30. The first-order valence-electron chi connectivity index (χ1n) is 7.25. The SMILES string of the molecule is CCSC1CCC(NCc2cccc(OCC#N)c2)C1. The first-order chi connectivity index (χ1) is 9.81. The maximum absolute atomic E-state index is 8.52.